The highest BCUT2D eigenvalue weighted by Gasteiger charge is 2.29. The van der Waals surface area contributed by atoms with Gasteiger partial charge in [0.05, 0.1) is 5.69 Å². The fourth-order valence-electron chi connectivity index (χ4n) is 3.56. The number of halogens is 1. The standard InChI is InChI=1S/C20H22B2FN7O/c1-10-8-15(28-17(10)11-4-6-26-7-5-11)20(31)29-19(30-22)16(24)18(25)27-12-2-3-14(23)13(21)9-12/h2-3,8-11,24,26H,4-7H2,1H3,(H2,25,27)(H,29,30,31). The van der Waals surface area contributed by atoms with Crippen LogP contribution in [-0.2, 0) is 4.79 Å². The van der Waals surface area contributed by atoms with E-state index in [-0.39, 0.29) is 34.4 Å². The van der Waals surface area contributed by atoms with Gasteiger partial charge in [0, 0.05) is 17.5 Å². The molecule has 156 valence electrons. The van der Waals surface area contributed by atoms with Crippen molar-refractivity contribution in [1.82, 2.24) is 10.6 Å². The quantitative estimate of drug-likeness (QED) is 0.311. The summed E-state index contributed by atoms with van der Waals surface area (Å²) in [5.41, 5.74) is 6.82. The lowest BCUT2D eigenvalue weighted by molar-refractivity contribution is -0.116. The fraction of sp³-hybridized carbons (Fsp3) is 0.350. The molecule has 0 spiro atoms. The van der Waals surface area contributed by atoms with Crippen LogP contribution < -0.4 is 21.8 Å². The smallest absolute Gasteiger partial charge is 0.275 e. The van der Waals surface area contributed by atoms with Crippen LogP contribution >= 0.6 is 0 Å². The van der Waals surface area contributed by atoms with E-state index in [1.54, 1.807) is 6.08 Å². The second kappa shape index (κ2) is 9.82. The van der Waals surface area contributed by atoms with E-state index in [9.17, 15) is 9.18 Å². The molecule has 0 bridgehead atoms. The van der Waals surface area contributed by atoms with E-state index in [2.05, 4.69) is 25.5 Å². The minimum absolute atomic E-state index is 0.0529. The molecule has 0 aromatic heterocycles. The highest BCUT2D eigenvalue weighted by molar-refractivity contribution is 6.68. The van der Waals surface area contributed by atoms with Gasteiger partial charge in [0.1, 0.15) is 30.9 Å². The zero-order chi connectivity index (χ0) is 22.5. The van der Waals surface area contributed by atoms with Crippen LogP contribution in [0.15, 0.2) is 44.9 Å². The van der Waals surface area contributed by atoms with E-state index < -0.39 is 17.4 Å². The molecule has 1 aromatic rings. The van der Waals surface area contributed by atoms with Crippen LogP contribution in [0.2, 0.25) is 0 Å². The van der Waals surface area contributed by atoms with Crippen molar-refractivity contribution in [3.05, 3.63) is 35.8 Å². The molecular formula is C20H22B2FN7O. The first-order valence-electron chi connectivity index (χ1n) is 9.89. The Hall–Kier alpha value is -3.07. The number of rotatable bonds is 5. The summed E-state index contributed by atoms with van der Waals surface area (Å²) in [6.07, 6.45) is 3.74. The SMILES string of the molecule is [B]N=C(NC(=O)C1=CC(C)C(C2CCNCC2)=N1)C(=N)C(N)=Nc1ccc(F)c([B])c1. The maximum absolute atomic E-state index is 13.3. The number of benzene rings is 1. The number of piperidine rings is 1. The van der Waals surface area contributed by atoms with Gasteiger partial charge in [0.2, 0.25) is 0 Å². The first kappa shape index (κ1) is 22.6. The van der Waals surface area contributed by atoms with Gasteiger partial charge < -0.3 is 21.3 Å². The summed E-state index contributed by atoms with van der Waals surface area (Å²) in [5.74, 6) is -1.28. The van der Waals surface area contributed by atoms with Crippen LogP contribution in [0.4, 0.5) is 10.1 Å². The maximum Gasteiger partial charge on any atom is 0.275 e. The molecule has 1 amide bonds. The Bertz CT molecular complexity index is 1010. The summed E-state index contributed by atoms with van der Waals surface area (Å²) in [6, 6.07) is 3.76. The van der Waals surface area contributed by atoms with Crippen LogP contribution in [0.5, 0.6) is 0 Å². The van der Waals surface area contributed by atoms with Crippen molar-refractivity contribution >= 4 is 56.0 Å². The Morgan fingerprint density at radius 1 is 1.39 bits per heavy atom. The molecular weight excluding hydrogens is 395 g/mol. The minimum Gasteiger partial charge on any atom is -0.382 e. The molecule has 1 saturated heterocycles. The van der Waals surface area contributed by atoms with Crippen LogP contribution in [0.25, 0.3) is 0 Å². The normalized spacial score (nSPS) is 20.3. The van der Waals surface area contributed by atoms with Crippen LogP contribution in [0, 0.1) is 23.1 Å². The molecule has 2 aliphatic rings. The van der Waals surface area contributed by atoms with E-state index in [1.807, 2.05) is 6.92 Å². The van der Waals surface area contributed by atoms with E-state index in [0.717, 1.165) is 37.7 Å². The van der Waals surface area contributed by atoms with Gasteiger partial charge in [0.15, 0.2) is 5.84 Å². The van der Waals surface area contributed by atoms with Gasteiger partial charge in [-0.25, -0.2) is 9.38 Å². The van der Waals surface area contributed by atoms with Crippen molar-refractivity contribution in [3.63, 3.8) is 0 Å². The molecule has 1 fully saturated rings. The lowest BCUT2D eigenvalue weighted by Crippen LogP contribution is -2.42. The monoisotopic (exact) mass is 417 g/mol. The van der Waals surface area contributed by atoms with Crippen molar-refractivity contribution in [2.24, 2.45) is 32.5 Å². The summed E-state index contributed by atoms with van der Waals surface area (Å²) >= 11 is 0. The van der Waals surface area contributed by atoms with Gasteiger partial charge in [-0.2, -0.15) is 0 Å². The average Bonchev–Trinajstić information content (AvgIpc) is 3.16. The predicted molar refractivity (Wildman–Crippen MR) is 122 cm³/mol. The predicted octanol–water partition coefficient (Wildman–Crippen LogP) is 0.200. The van der Waals surface area contributed by atoms with Crippen molar-refractivity contribution in [1.29, 1.82) is 5.41 Å². The summed E-state index contributed by atoms with van der Waals surface area (Å²) in [7, 11) is 10.9. The zero-order valence-electron chi connectivity index (χ0n) is 17.2. The molecule has 2 heterocycles. The highest BCUT2D eigenvalue weighted by Crippen LogP contribution is 2.26. The Labute approximate surface area is 182 Å². The lowest BCUT2D eigenvalue weighted by Gasteiger charge is -2.24. The lowest BCUT2D eigenvalue weighted by atomic mass is 9.87. The maximum atomic E-state index is 13.3. The molecule has 0 saturated carbocycles. The second-order valence-corrected chi connectivity index (χ2v) is 7.41. The highest BCUT2D eigenvalue weighted by atomic mass is 19.1. The third-order valence-corrected chi connectivity index (χ3v) is 5.20. The number of carbonyl (C=O) groups is 1. The number of carbonyl (C=O) groups excluding carboxylic acids is 1. The summed E-state index contributed by atoms with van der Waals surface area (Å²) < 4.78 is 13.3. The van der Waals surface area contributed by atoms with Gasteiger partial charge in [-0.3, -0.25) is 15.2 Å². The number of nitrogens with zero attached hydrogens (tertiary/aromatic N) is 3. The van der Waals surface area contributed by atoms with E-state index in [4.69, 9.17) is 27.0 Å². The van der Waals surface area contributed by atoms with Crippen LogP contribution in [-0.4, -0.2) is 57.9 Å². The van der Waals surface area contributed by atoms with Crippen molar-refractivity contribution < 1.29 is 9.18 Å². The average molecular weight is 417 g/mol. The van der Waals surface area contributed by atoms with E-state index in [0.29, 0.717) is 5.92 Å². The van der Waals surface area contributed by atoms with Gasteiger partial charge in [-0.15, -0.1) is 0 Å². The van der Waals surface area contributed by atoms with Crippen molar-refractivity contribution in [3.8, 4) is 0 Å². The zero-order valence-corrected chi connectivity index (χ0v) is 17.2. The van der Waals surface area contributed by atoms with Gasteiger partial charge in [-0.1, -0.05) is 12.4 Å². The largest absolute Gasteiger partial charge is 0.382 e. The molecule has 31 heavy (non-hydrogen) atoms. The number of amidine groups is 2. The number of aliphatic imine (C=N–C) groups is 2. The number of amides is 1. The molecule has 1 unspecified atom stereocenters. The first-order chi connectivity index (χ1) is 14.8. The fourth-order valence-corrected chi connectivity index (χ4v) is 3.56. The number of nitrogens with two attached hydrogens (primary N) is 1. The number of nitrogens with one attached hydrogen (secondary N) is 3. The van der Waals surface area contributed by atoms with Crippen LogP contribution in [0.3, 0.4) is 0 Å². The molecule has 2 aliphatic heterocycles. The topological polar surface area (TPSA) is 128 Å². The Balaban J connectivity index is 1.70. The second-order valence-electron chi connectivity index (χ2n) is 7.41. The Morgan fingerprint density at radius 2 is 2.10 bits per heavy atom. The third-order valence-electron chi connectivity index (χ3n) is 5.20. The van der Waals surface area contributed by atoms with Crippen LogP contribution in [0.1, 0.15) is 19.8 Å². The van der Waals surface area contributed by atoms with Crippen molar-refractivity contribution in [2.75, 3.05) is 13.1 Å². The molecule has 3 rings (SSSR count). The summed E-state index contributed by atoms with van der Waals surface area (Å²) in [6.45, 7) is 3.86. The summed E-state index contributed by atoms with van der Waals surface area (Å²) in [5, 5.41) is 13.9. The molecule has 0 aliphatic carbocycles. The van der Waals surface area contributed by atoms with Gasteiger partial charge in [0.25, 0.3) is 13.9 Å². The molecule has 4 radical (unpaired) electrons. The first-order valence-corrected chi connectivity index (χ1v) is 9.89. The molecule has 8 nitrogen and oxygen atoms in total. The number of hydrogen-bond donors (Lipinski definition) is 4. The molecule has 11 heteroatoms. The number of hydrogen-bond acceptors (Lipinski definition) is 6. The molecule has 1 atom stereocenters. The Morgan fingerprint density at radius 3 is 2.74 bits per heavy atom. The van der Waals surface area contributed by atoms with Crippen molar-refractivity contribution in [2.45, 2.75) is 19.8 Å². The van der Waals surface area contributed by atoms with Gasteiger partial charge >= 0.3 is 0 Å². The van der Waals surface area contributed by atoms with E-state index in [1.165, 1.54) is 12.1 Å². The molecule has 5 N–H and O–H groups in total. The van der Waals surface area contributed by atoms with Gasteiger partial charge in [-0.05, 0) is 50.2 Å². The Kier molecular flexibility index (Phi) is 7.17. The minimum atomic E-state index is -0.590. The molecule has 1 aromatic carbocycles. The third kappa shape index (κ3) is 5.35. The number of allylic oxidation sites excluding steroid dienone is 1. The summed E-state index contributed by atoms with van der Waals surface area (Å²) in [4.78, 5) is 24.7. The van der Waals surface area contributed by atoms with E-state index >= 15 is 0 Å².